The molecule has 4 N–H and O–H groups in total. The van der Waals surface area contributed by atoms with Crippen molar-refractivity contribution in [3.63, 3.8) is 0 Å². The third-order valence-corrected chi connectivity index (χ3v) is 2.30. The Morgan fingerprint density at radius 1 is 1.17 bits per heavy atom. The zero-order chi connectivity index (χ0) is 14.1. The van der Waals surface area contributed by atoms with E-state index in [0.29, 0.717) is 6.54 Å². The molecule has 0 saturated heterocycles. The zero-order valence-corrected chi connectivity index (χ0v) is 10.9. The Bertz CT molecular complexity index is 307. The Balaban J connectivity index is 4.14. The van der Waals surface area contributed by atoms with Crippen molar-refractivity contribution in [3.8, 4) is 0 Å². The first kappa shape index (κ1) is 16.2. The van der Waals surface area contributed by atoms with Gasteiger partial charge in [0.2, 0.25) is 5.91 Å². The van der Waals surface area contributed by atoms with Gasteiger partial charge in [-0.2, -0.15) is 0 Å². The van der Waals surface area contributed by atoms with Crippen LogP contribution in [0.1, 0.15) is 33.6 Å². The van der Waals surface area contributed by atoms with Gasteiger partial charge in [0.15, 0.2) is 0 Å². The zero-order valence-electron chi connectivity index (χ0n) is 10.9. The summed E-state index contributed by atoms with van der Waals surface area (Å²) in [4.78, 5) is 33.6. The number of carboxylic acid groups (broad SMARTS) is 1. The molecule has 0 aliphatic carbocycles. The topological polar surface area (TPSA) is 108 Å². The summed E-state index contributed by atoms with van der Waals surface area (Å²) in [7, 11) is 0. The molecule has 0 aromatic heterocycles. The average molecular weight is 259 g/mol. The average Bonchev–Trinajstić information content (AvgIpc) is 2.32. The highest BCUT2D eigenvalue weighted by Gasteiger charge is 2.20. The molecular weight excluding hydrogens is 238 g/mol. The smallest absolute Gasteiger partial charge is 0.326 e. The number of carbonyl (C=O) groups is 3. The molecule has 0 rings (SSSR count). The first-order valence-corrected chi connectivity index (χ1v) is 5.99. The number of hydrogen-bond donors (Lipinski definition) is 4. The van der Waals surface area contributed by atoms with Crippen LogP contribution in [-0.2, 0) is 9.59 Å². The van der Waals surface area contributed by atoms with E-state index in [1.54, 1.807) is 6.92 Å². The van der Waals surface area contributed by atoms with E-state index >= 15 is 0 Å². The standard InChI is InChI=1S/C11H21N3O4/c1-4-6-12-9(15)7(3)13-11(18)14-8(5-2)10(16)17/h7-8H,4-6H2,1-3H3,(H,12,15)(H,16,17)(H2,13,14,18)/t7?,8-/m0/s1. The summed E-state index contributed by atoms with van der Waals surface area (Å²) in [5.41, 5.74) is 0. The summed E-state index contributed by atoms with van der Waals surface area (Å²) in [5, 5.41) is 16.1. The van der Waals surface area contributed by atoms with Crippen LogP contribution in [0.4, 0.5) is 4.79 Å². The molecule has 0 aliphatic rings. The molecule has 7 nitrogen and oxygen atoms in total. The molecule has 7 heteroatoms. The summed E-state index contributed by atoms with van der Waals surface area (Å²) < 4.78 is 0. The maximum absolute atomic E-state index is 11.5. The van der Waals surface area contributed by atoms with Gasteiger partial charge in [0.25, 0.3) is 0 Å². The minimum absolute atomic E-state index is 0.277. The Labute approximate surface area is 106 Å². The van der Waals surface area contributed by atoms with Crippen LogP contribution in [0.5, 0.6) is 0 Å². The van der Waals surface area contributed by atoms with Gasteiger partial charge in [-0.1, -0.05) is 13.8 Å². The molecule has 0 bridgehead atoms. The summed E-state index contributed by atoms with van der Waals surface area (Å²) in [5.74, 6) is -1.40. The van der Waals surface area contributed by atoms with Gasteiger partial charge in [-0.15, -0.1) is 0 Å². The van der Waals surface area contributed by atoms with Crippen LogP contribution in [0.3, 0.4) is 0 Å². The third kappa shape index (κ3) is 6.07. The quantitative estimate of drug-likeness (QED) is 0.518. The number of urea groups is 1. The molecule has 0 radical (unpaired) electrons. The van der Waals surface area contributed by atoms with Crippen molar-refractivity contribution in [2.75, 3.05) is 6.54 Å². The van der Waals surface area contributed by atoms with Gasteiger partial charge in [-0.25, -0.2) is 9.59 Å². The monoisotopic (exact) mass is 259 g/mol. The fourth-order valence-electron chi connectivity index (χ4n) is 1.20. The van der Waals surface area contributed by atoms with Crippen LogP contribution in [0, 0.1) is 0 Å². The van der Waals surface area contributed by atoms with Crippen molar-refractivity contribution < 1.29 is 19.5 Å². The van der Waals surface area contributed by atoms with Gasteiger partial charge in [0, 0.05) is 6.54 Å². The lowest BCUT2D eigenvalue weighted by molar-refractivity contribution is -0.139. The summed E-state index contributed by atoms with van der Waals surface area (Å²) in [6.45, 7) is 5.64. The second-order valence-corrected chi connectivity index (χ2v) is 3.93. The number of hydrogen-bond acceptors (Lipinski definition) is 3. The molecule has 104 valence electrons. The lowest BCUT2D eigenvalue weighted by atomic mass is 10.2. The predicted octanol–water partition coefficient (Wildman–Crippen LogP) is 0.0635. The van der Waals surface area contributed by atoms with E-state index in [1.807, 2.05) is 6.92 Å². The van der Waals surface area contributed by atoms with Gasteiger partial charge in [-0.3, -0.25) is 4.79 Å². The van der Waals surface area contributed by atoms with Crippen molar-refractivity contribution in [2.45, 2.75) is 45.7 Å². The predicted molar refractivity (Wildman–Crippen MR) is 66.1 cm³/mol. The van der Waals surface area contributed by atoms with E-state index in [-0.39, 0.29) is 12.3 Å². The van der Waals surface area contributed by atoms with Crippen LogP contribution < -0.4 is 16.0 Å². The van der Waals surface area contributed by atoms with Crippen LogP contribution in [0.2, 0.25) is 0 Å². The van der Waals surface area contributed by atoms with E-state index in [0.717, 1.165) is 6.42 Å². The van der Waals surface area contributed by atoms with E-state index in [2.05, 4.69) is 16.0 Å². The Kier molecular flexibility index (Phi) is 7.50. The van der Waals surface area contributed by atoms with E-state index in [1.165, 1.54) is 6.92 Å². The van der Waals surface area contributed by atoms with Crippen LogP contribution in [0.25, 0.3) is 0 Å². The summed E-state index contributed by atoms with van der Waals surface area (Å²) in [6.07, 6.45) is 1.08. The van der Waals surface area contributed by atoms with Crippen molar-refractivity contribution in [2.24, 2.45) is 0 Å². The highest BCUT2D eigenvalue weighted by Crippen LogP contribution is 1.91. The third-order valence-electron chi connectivity index (χ3n) is 2.30. The molecule has 18 heavy (non-hydrogen) atoms. The number of carboxylic acids is 1. The molecular formula is C11H21N3O4. The van der Waals surface area contributed by atoms with Crippen LogP contribution in [-0.4, -0.2) is 41.6 Å². The second-order valence-electron chi connectivity index (χ2n) is 3.93. The van der Waals surface area contributed by atoms with Crippen molar-refractivity contribution in [3.05, 3.63) is 0 Å². The van der Waals surface area contributed by atoms with Gasteiger partial charge >= 0.3 is 12.0 Å². The Morgan fingerprint density at radius 3 is 2.22 bits per heavy atom. The summed E-state index contributed by atoms with van der Waals surface area (Å²) in [6, 6.07) is -2.32. The first-order valence-electron chi connectivity index (χ1n) is 5.99. The molecule has 0 fully saturated rings. The molecule has 0 spiro atoms. The number of nitrogens with one attached hydrogen (secondary N) is 3. The number of amides is 3. The molecule has 0 aromatic carbocycles. The van der Waals surface area contributed by atoms with Crippen LogP contribution in [0.15, 0.2) is 0 Å². The maximum atomic E-state index is 11.5. The molecule has 2 atom stereocenters. The lowest BCUT2D eigenvalue weighted by Crippen LogP contribution is -2.52. The molecule has 3 amide bonds. The van der Waals surface area contributed by atoms with Crippen molar-refractivity contribution in [1.82, 2.24) is 16.0 Å². The number of carbonyl (C=O) groups excluding carboxylic acids is 2. The fraction of sp³-hybridized carbons (Fsp3) is 0.727. The highest BCUT2D eigenvalue weighted by molar-refractivity contribution is 5.88. The normalized spacial score (nSPS) is 13.3. The maximum Gasteiger partial charge on any atom is 0.326 e. The molecule has 0 aromatic rings. The fourth-order valence-corrected chi connectivity index (χ4v) is 1.20. The number of aliphatic carboxylic acids is 1. The second kappa shape index (κ2) is 8.32. The first-order chi connectivity index (χ1) is 8.42. The largest absolute Gasteiger partial charge is 0.480 e. The van der Waals surface area contributed by atoms with Crippen molar-refractivity contribution >= 4 is 17.9 Å². The van der Waals surface area contributed by atoms with Crippen LogP contribution >= 0.6 is 0 Å². The Hall–Kier alpha value is -1.79. The van der Waals surface area contributed by atoms with E-state index in [4.69, 9.17) is 5.11 Å². The van der Waals surface area contributed by atoms with E-state index < -0.39 is 24.1 Å². The molecule has 1 unspecified atom stereocenters. The van der Waals surface area contributed by atoms with Gasteiger partial charge < -0.3 is 21.1 Å². The molecule has 0 aliphatic heterocycles. The van der Waals surface area contributed by atoms with Gasteiger partial charge in [-0.05, 0) is 19.8 Å². The van der Waals surface area contributed by atoms with Gasteiger partial charge in [0.1, 0.15) is 12.1 Å². The lowest BCUT2D eigenvalue weighted by Gasteiger charge is -2.17. The van der Waals surface area contributed by atoms with Gasteiger partial charge in [0.05, 0.1) is 0 Å². The molecule has 0 saturated carbocycles. The minimum atomic E-state index is -1.10. The van der Waals surface area contributed by atoms with E-state index in [9.17, 15) is 14.4 Å². The SMILES string of the molecule is CCCNC(=O)C(C)NC(=O)N[C@@H](CC)C(=O)O. The van der Waals surface area contributed by atoms with Crippen molar-refractivity contribution in [1.29, 1.82) is 0 Å². The molecule has 0 heterocycles. The number of rotatable bonds is 7. The highest BCUT2D eigenvalue weighted by atomic mass is 16.4. The minimum Gasteiger partial charge on any atom is -0.480 e. The Morgan fingerprint density at radius 2 is 1.78 bits per heavy atom. The summed E-state index contributed by atoms with van der Waals surface area (Å²) >= 11 is 0.